The highest BCUT2D eigenvalue weighted by Gasteiger charge is 2.29. The average molecular weight is 479 g/mol. The second-order valence-electron chi connectivity index (χ2n) is 8.45. The Morgan fingerprint density at radius 3 is 2.83 bits per heavy atom. The van der Waals surface area contributed by atoms with E-state index < -0.39 is 0 Å². The molecule has 1 aliphatic carbocycles. The summed E-state index contributed by atoms with van der Waals surface area (Å²) >= 11 is 0. The van der Waals surface area contributed by atoms with Gasteiger partial charge >= 0.3 is 0 Å². The van der Waals surface area contributed by atoms with Crippen LogP contribution in [0, 0.1) is 12.7 Å². The van der Waals surface area contributed by atoms with Crippen molar-refractivity contribution in [1.82, 2.24) is 10.3 Å². The summed E-state index contributed by atoms with van der Waals surface area (Å²) in [6.07, 6.45) is 3.16. The summed E-state index contributed by atoms with van der Waals surface area (Å²) in [6.45, 7) is 1.21. The van der Waals surface area contributed by atoms with E-state index in [1.807, 2.05) is 0 Å². The summed E-state index contributed by atoms with van der Waals surface area (Å²) in [6, 6.07) is 8.96. The standard InChI is InChI=1S/C25H22FN3O6/c1-14-8-16(26)3-7-21(14)33-12-20(30)15-2-6-22-19(9-15)29(24(31)13-34-22)10-23-28-18(11-35-23)25(32)27-17-4-5-17/h2-3,6-9,11,17H,4-5,10,12-13H2,1H3,(H,27,32). The molecule has 1 N–H and O–H groups in total. The summed E-state index contributed by atoms with van der Waals surface area (Å²) in [4.78, 5) is 43.2. The number of aryl methyl sites for hydroxylation is 1. The fourth-order valence-electron chi connectivity index (χ4n) is 3.66. The number of ether oxygens (including phenoxy) is 2. The molecule has 2 amide bonds. The zero-order chi connectivity index (χ0) is 24.5. The number of nitrogens with one attached hydrogen (secondary N) is 1. The molecule has 2 aliphatic rings. The summed E-state index contributed by atoms with van der Waals surface area (Å²) in [5.41, 5.74) is 1.41. The van der Waals surface area contributed by atoms with Crippen molar-refractivity contribution in [3.63, 3.8) is 0 Å². The molecular weight excluding hydrogens is 457 g/mol. The number of hydrogen-bond donors (Lipinski definition) is 1. The lowest BCUT2D eigenvalue weighted by Gasteiger charge is -2.28. The van der Waals surface area contributed by atoms with Crippen LogP contribution in [0.15, 0.2) is 47.1 Å². The summed E-state index contributed by atoms with van der Waals surface area (Å²) in [7, 11) is 0. The van der Waals surface area contributed by atoms with E-state index in [2.05, 4.69) is 10.3 Å². The number of fused-ring (bicyclic) bond motifs is 1. The van der Waals surface area contributed by atoms with Crippen molar-refractivity contribution in [1.29, 1.82) is 0 Å². The fraction of sp³-hybridized carbons (Fsp3) is 0.280. The van der Waals surface area contributed by atoms with Gasteiger partial charge in [-0.15, -0.1) is 0 Å². The minimum atomic E-state index is -0.387. The molecule has 0 spiro atoms. The summed E-state index contributed by atoms with van der Waals surface area (Å²) in [5, 5.41) is 2.83. The Hall–Kier alpha value is -4.21. The molecule has 0 bridgehead atoms. The monoisotopic (exact) mass is 479 g/mol. The van der Waals surface area contributed by atoms with Gasteiger partial charge < -0.3 is 19.2 Å². The molecule has 5 rings (SSSR count). The molecule has 0 atom stereocenters. The van der Waals surface area contributed by atoms with Gasteiger partial charge in [0.25, 0.3) is 11.8 Å². The Balaban J connectivity index is 1.31. The normalized spacial score (nSPS) is 14.8. The van der Waals surface area contributed by atoms with Gasteiger partial charge in [0.15, 0.2) is 24.7 Å². The maximum atomic E-state index is 13.3. The number of carbonyl (C=O) groups is 3. The lowest BCUT2D eigenvalue weighted by Crippen LogP contribution is -2.38. The molecule has 1 fully saturated rings. The first kappa shape index (κ1) is 22.6. The maximum absolute atomic E-state index is 13.3. The number of oxazole rings is 1. The number of nitrogens with zero attached hydrogens (tertiary/aromatic N) is 2. The van der Waals surface area contributed by atoms with E-state index in [0.717, 1.165) is 12.8 Å². The van der Waals surface area contributed by atoms with Crippen LogP contribution in [0.1, 0.15) is 45.1 Å². The Bertz CT molecular complexity index is 1320. The Kier molecular flexibility index (Phi) is 5.94. The van der Waals surface area contributed by atoms with Crippen molar-refractivity contribution in [2.75, 3.05) is 18.1 Å². The number of hydrogen-bond acceptors (Lipinski definition) is 7. The molecule has 1 aromatic heterocycles. The van der Waals surface area contributed by atoms with Crippen LogP contribution in [0.2, 0.25) is 0 Å². The largest absolute Gasteiger partial charge is 0.485 e. The smallest absolute Gasteiger partial charge is 0.273 e. The van der Waals surface area contributed by atoms with E-state index in [9.17, 15) is 18.8 Å². The van der Waals surface area contributed by atoms with Crippen LogP contribution >= 0.6 is 0 Å². The molecule has 1 saturated carbocycles. The maximum Gasteiger partial charge on any atom is 0.273 e. The van der Waals surface area contributed by atoms with Crippen molar-refractivity contribution in [2.24, 2.45) is 0 Å². The van der Waals surface area contributed by atoms with E-state index in [-0.39, 0.29) is 60.8 Å². The van der Waals surface area contributed by atoms with E-state index in [4.69, 9.17) is 13.9 Å². The van der Waals surface area contributed by atoms with Crippen molar-refractivity contribution in [3.8, 4) is 11.5 Å². The predicted octanol–water partition coefficient (Wildman–Crippen LogP) is 3.20. The number of anilines is 1. The first-order chi connectivity index (χ1) is 16.9. The number of aromatic nitrogens is 1. The Morgan fingerprint density at radius 1 is 1.23 bits per heavy atom. The number of halogens is 1. The lowest BCUT2D eigenvalue weighted by atomic mass is 10.1. The highest BCUT2D eigenvalue weighted by molar-refractivity contribution is 6.02. The van der Waals surface area contributed by atoms with Gasteiger partial charge in [0.05, 0.1) is 5.69 Å². The molecule has 0 unspecified atom stereocenters. The first-order valence-electron chi connectivity index (χ1n) is 11.1. The minimum absolute atomic E-state index is 0.0329. The number of Topliss-reactive ketones (excluding diaryl/α,β-unsaturated/α-hetero) is 1. The molecule has 1 aliphatic heterocycles. The number of rotatable bonds is 8. The number of amides is 2. The molecule has 3 aromatic rings. The molecule has 0 radical (unpaired) electrons. The Morgan fingerprint density at radius 2 is 2.06 bits per heavy atom. The van der Waals surface area contributed by atoms with Crippen molar-refractivity contribution >= 4 is 23.3 Å². The highest BCUT2D eigenvalue weighted by atomic mass is 19.1. The van der Waals surface area contributed by atoms with Crippen LogP contribution in [0.3, 0.4) is 0 Å². The van der Waals surface area contributed by atoms with Gasteiger partial charge in [-0.05, 0) is 61.7 Å². The molecule has 0 saturated heterocycles. The van der Waals surface area contributed by atoms with E-state index in [0.29, 0.717) is 28.3 Å². The third kappa shape index (κ3) is 5.01. The summed E-state index contributed by atoms with van der Waals surface area (Å²) in [5.74, 6) is -0.369. The van der Waals surface area contributed by atoms with E-state index >= 15 is 0 Å². The first-order valence-corrected chi connectivity index (χ1v) is 11.1. The molecule has 10 heteroatoms. The van der Waals surface area contributed by atoms with Crippen LogP contribution in [0.4, 0.5) is 10.1 Å². The van der Waals surface area contributed by atoms with Crippen LogP contribution < -0.4 is 19.7 Å². The number of carbonyl (C=O) groups excluding carboxylic acids is 3. The van der Waals surface area contributed by atoms with Gasteiger partial charge in [0.2, 0.25) is 5.89 Å². The zero-order valence-electron chi connectivity index (χ0n) is 18.9. The van der Waals surface area contributed by atoms with E-state index in [1.54, 1.807) is 25.1 Å². The fourth-order valence-corrected chi connectivity index (χ4v) is 3.66. The molecule has 180 valence electrons. The van der Waals surface area contributed by atoms with Gasteiger partial charge in [-0.25, -0.2) is 9.37 Å². The average Bonchev–Trinajstić information content (AvgIpc) is 3.53. The Labute approximate surface area is 199 Å². The number of ketones is 1. The SMILES string of the molecule is Cc1cc(F)ccc1OCC(=O)c1ccc2c(c1)N(Cc1nc(C(=O)NC3CC3)co1)C(=O)CO2. The van der Waals surface area contributed by atoms with Gasteiger partial charge in [0.1, 0.15) is 30.1 Å². The van der Waals surface area contributed by atoms with E-state index in [1.165, 1.54) is 29.4 Å². The quantitative estimate of drug-likeness (QED) is 0.494. The third-order valence-corrected chi connectivity index (χ3v) is 5.71. The molecule has 9 nitrogen and oxygen atoms in total. The second-order valence-corrected chi connectivity index (χ2v) is 8.45. The molecule has 2 heterocycles. The molecule has 2 aromatic carbocycles. The van der Waals surface area contributed by atoms with Gasteiger partial charge in [-0.2, -0.15) is 0 Å². The van der Waals surface area contributed by atoms with Crippen molar-refractivity contribution in [2.45, 2.75) is 32.4 Å². The van der Waals surface area contributed by atoms with Gasteiger partial charge in [-0.1, -0.05) is 0 Å². The molecule has 35 heavy (non-hydrogen) atoms. The van der Waals surface area contributed by atoms with Crippen molar-refractivity contribution in [3.05, 3.63) is 71.2 Å². The van der Waals surface area contributed by atoms with Crippen LogP contribution in [-0.4, -0.2) is 41.8 Å². The lowest BCUT2D eigenvalue weighted by molar-refractivity contribution is -0.121. The number of benzene rings is 2. The predicted molar refractivity (Wildman–Crippen MR) is 121 cm³/mol. The topological polar surface area (TPSA) is 111 Å². The van der Waals surface area contributed by atoms with Gasteiger partial charge in [-0.3, -0.25) is 19.3 Å². The minimum Gasteiger partial charge on any atom is -0.485 e. The van der Waals surface area contributed by atoms with Crippen LogP contribution in [0.5, 0.6) is 11.5 Å². The van der Waals surface area contributed by atoms with Crippen molar-refractivity contribution < 1.29 is 32.7 Å². The zero-order valence-corrected chi connectivity index (χ0v) is 18.9. The highest BCUT2D eigenvalue weighted by Crippen LogP contribution is 2.34. The van der Waals surface area contributed by atoms with Crippen LogP contribution in [0.25, 0.3) is 0 Å². The van der Waals surface area contributed by atoms with Gasteiger partial charge in [0, 0.05) is 11.6 Å². The summed E-state index contributed by atoms with van der Waals surface area (Å²) < 4.78 is 29.8. The molecular formula is C25H22FN3O6. The third-order valence-electron chi connectivity index (χ3n) is 5.71. The second kappa shape index (κ2) is 9.21. The van der Waals surface area contributed by atoms with Crippen LogP contribution in [-0.2, 0) is 11.3 Å².